The molecular formula is C15H12FNO6. The van der Waals surface area contributed by atoms with E-state index < -0.39 is 22.6 Å². The van der Waals surface area contributed by atoms with Crippen LogP contribution < -0.4 is 4.74 Å². The van der Waals surface area contributed by atoms with Crippen LogP contribution in [0.1, 0.15) is 5.76 Å². The predicted octanol–water partition coefficient (Wildman–Crippen LogP) is 2.96. The molecule has 0 fully saturated rings. The van der Waals surface area contributed by atoms with Crippen LogP contribution in [0, 0.1) is 15.9 Å². The van der Waals surface area contributed by atoms with Gasteiger partial charge in [0.25, 0.3) is 0 Å². The summed E-state index contributed by atoms with van der Waals surface area (Å²) in [6, 6.07) is 8.39. The topological polar surface area (TPSA) is 91.8 Å². The number of rotatable bonds is 7. The van der Waals surface area contributed by atoms with Gasteiger partial charge in [-0.2, -0.15) is 0 Å². The van der Waals surface area contributed by atoms with E-state index in [0.717, 1.165) is 6.08 Å². The van der Waals surface area contributed by atoms with Gasteiger partial charge in [0.1, 0.15) is 23.9 Å². The standard InChI is InChI=1S/C15H12FNO6/c16-12-3-1-2-4-13(12)21-9-10-22-15(18)8-6-11-5-7-14(23-11)17(19)20/h1-8H,9-10H2/b8-6+. The van der Waals surface area contributed by atoms with E-state index in [1.54, 1.807) is 6.07 Å². The Kier molecular flexibility index (Phi) is 5.45. The smallest absolute Gasteiger partial charge is 0.433 e. The first-order valence-electron chi connectivity index (χ1n) is 6.52. The Hall–Kier alpha value is -3.16. The van der Waals surface area contributed by atoms with E-state index in [1.165, 1.54) is 36.4 Å². The average molecular weight is 321 g/mol. The molecule has 1 aromatic carbocycles. The van der Waals surface area contributed by atoms with Crippen molar-refractivity contribution in [3.05, 3.63) is 64.2 Å². The zero-order chi connectivity index (χ0) is 16.7. The number of ether oxygens (including phenoxy) is 2. The van der Waals surface area contributed by atoms with E-state index in [1.807, 2.05) is 0 Å². The summed E-state index contributed by atoms with van der Waals surface area (Å²) in [6.45, 7) is -0.0808. The molecule has 0 radical (unpaired) electrons. The van der Waals surface area contributed by atoms with Gasteiger partial charge in [0, 0.05) is 6.08 Å². The van der Waals surface area contributed by atoms with Crippen molar-refractivity contribution in [1.82, 2.24) is 0 Å². The number of hydrogen-bond acceptors (Lipinski definition) is 6. The number of carbonyl (C=O) groups excluding carboxylic acids is 1. The molecule has 0 unspecified atom stereocenters. The SMILES string of the molecule is O=C(/C=C/c1ccc([N+](=O)[O-])o1)OCCOc1ccccc1F. The molecule has 1 heterocycles. The van der Waals surface area contributed by atoms with Gasteiger partial charge in [-0.25, -0.2) is 9.18 Å². The highest BCUT2D eigenvalue weighted by Crippen LogP contribution is 2.17. The second-order valence-corrected chi connectivity index (χ2v) is 4.21. The summed E-state index contributed by atoms with van der Waals surface area (Å²) in [7, 11) is 0. The molecule has 2 rings (SSSR count). The Balaban J connectivity index is 1.73. The van der Waals surface area contributed by atoms with Crippen LogP contribution >= 0.6 is 0 Å². The number of para-hydroxylation sites is 1. The Morgan fingerprint density at radius 2 is 2.04 bits per heavy atom. The molecule has 0 saturated heterocycles. The van der Waals surface area contributed by atoms with Gasteiger partial charge in [-0.3, -0.25) is 10.1 Å². The molecule has 23 heavy (non-hydrogen) atoms. The molecule has 7 nitrogen and oxygen atoms in total. The number of hydrogen-bond donors (Lipinski definition) is 0. The van der Waals surface area contributed by atoms with E-state index >= 15 is 0 Å². The number of benzene rings is 1. The van der Waals surface area contributed by atoms with Crippen molar-refractivity contribution in [1.29, 1.82) is 0 Å². The summed E-state index contributed by atoms with van der Waals surface area (Å²) < 4.78 is 28.0. The first kappa shape index (κ1) is 16.2. The van der Waals surface area contributed by atoms with Gasteiger partial charge in [0.15, 0.2) is 11.6 Å². The van der Waals surface area contributed by atoms with Gasteiger partial charge in [0.05, 0.1) is 6.07 Å². The quantitative estimate of drug-likeness (QED) is 0.256. The summed E-state index contributed by atoms with van der Waals surface area (Å²) in [6.07, 6.45) is 2.30. The van der Waals surface area contributed by atoms with Crippen LogP contribution in [0.2, 0.25) is 0 Å². The highest BCUT2D eigenvalue weighted by Gasteiger charge is 2.10. The molecule has 0 aliphatic heterocycles. The first-order chi connectivity index (χ1) is 11.1. The average Bonchev–Trinajstić information content (AvgIpc) is 3.00. The largest absolute Gasteiger partial charge is 0.487 e. The number of furan rings is 1. The zero-order valence-electron chi connectivity index (χ0n) is 11.8. The summed E-state index contributed by atoms with van der Waals surface area (Å²) in [5, 5.41) is 10.4. The predicted molar refractivity (Wildman–Crippen MR) is 77.3 cm³/mol. The van der Waals surface area contributed by atoms with Crippen molar-refractivity contribution in [2.24, 2.45) is 0 Å². The maximum atomic E-state index is 13.2. The van der Waals surface area contributed by atoms with Crippen LogP contribution in [-0.4, -0.2) is 24.1 Å². The second kappa shape index (κ2) is 7.74. The summed E-state index contributed by atoms with van der Waals surface area (Å²) in [5.41, 5.74) is 0. The Morgan fingerprint density at radius 1 is 1.26 bits per heavy atom. The highest BCUT2D eigenvalue weighted by atomic mass is 19.1. The third kappa shape index (κ3) is 4.95. The van der Waals surface area contributed by atoms with Crippen LogP contribution in [0.15, 0.2) is 46.9 Å². The lowest BCUT2D eigenvalue weighted by atomic mass is 10.3. The molecule has 0 spiro atoms. The molecule has 8 heteroatoms. The van der Waals surface area contributed by atoms with Gasteiger partial charge in [-0.15, -0.1) is 0 Å². The van der Waals surface area contributed by atoms with E-state index in [4.69, 9.17) is 13.9 Å². The van der Waals surface area contributed by atoms with Crippen molar-refractivity contribution in [3.63, 3.8) is 0 Å². The third-order valence-corrected chi connectivity index (χ3v) is 2.60. The third-order valence-electron chi connectivity index (χ3n) is 2.60. The van der Waals surface area contributed by atoms with E-state index in [2.05, 4.69) is 0 Å². The van der Waals surface area contributed by atoms with Crippen molar-refractivity contribution < 1.29 is 28.0 Å². The lowest BCUT2D eigenvalue weighted by Gasteiger charge is -2.06. The summed E-state index contributed by atoms with van der Waals surface area (Å²) in [4.78, 5) is 21.2. The summed E-state index contributed by atoms with van der Waals surface area (Å²) in [5.74, 6) is -1.38. The molecule has 0 N–H and O–H groups in total. The molecule has 0 bridgehead atoms. The van der Waals surface area contributed by atoms with Gasteiger partial charge < -0.3 is 13.9 Å². The lowest BCUT2D eigenvalue weighted by Crippen LogP contribution is -2.10. The number of nitrogens with zero attached hydrogens (tertiary/aromatic N) is 1. The van der Waals surface area contributed by atoms with E-state index in [0.29, 0.717) is 0 Å². The Labute approximate surface area is 130 Å². The number of esters is 1. The lowest BCUT2D eigenvalue weighted by molar-refractivity contribution is -0.402. The second-order valence-electron chi connectivity index (χ2n) is 4.21. The van der Waals surface area contributed by atoms with E-state index in [9.17, 15) is 19.3 Å². The fourth-order valence-electron chi connectivity index (χ4n) is 1.58. The minimum absolute atomic E-state index is 0.00721. The number of carbonyl (C=O) groups is 1. The van der Waals surface area contributed by atoms with Gasteiger partial charge >= 0.3 is 11.9 Å². The summed E-state index contributed by atoms with van der Waals surface area (Å²) >= 11 is 0. The number of halogens is 1. The van der Waals surface area contributed by atoms with E-state index in [-0.39, 0.29) is 24.7 Å². The minimum Gasteiger partial charge on any atom is -0.487 e. The van der Waals surface area contributed by atoms with Crippen molar-refractivity contribution in [2.75, 3.05) is 13.2 Å². The molecule has 0 aliphatic rings. The van der Waals surface area contributed by atoms with Crippen molar-refractivity contribution >= 4 is 17.9 Å². The molecule has 1 aromatic heterocycles. The molecule has 0 saturated carbocycles. The van der Waals surface area contributed by atoms with Crippen LogP contribution in [0.5, 0.6) is 5.75 Å². The molecule has 120 valence electrons. The molecule has 0 aliphatic carbocycles. The Morgan fingerprint density at radius 3 is 2.74 bits per heavy atom. The van der Waals surface area contributed by atoms with Crippen LogP contribution in [0.3, 0.4) is 0 Å². The van der Waals surface area contributed by atoms with Gasteiger partial charge in [-0.05, 0) is 24.3 Å². The molecule has 2 aromatic rings. The maximum Gasteiger partial charge on any atom is 0.433 e. The van der Waals surface area contributed by atoms with Crippen LogP contribution in [0.4, 0.5) is 10.3 Å². The van der Waals surface area contributed by atoms with Crippen molar-refractivity contribution in [2.45, 2.75) is 0 Å². The monoisotopic (exact) mass is 321 g/mol. The molecular weight excluding hydrogens is 309 g/mol. The first-order valence-corrected chi connectivity index (χ1v) is 6.52. The molecule has 0 amide bonds. The zero-order valence-corrected chi connectivity index (χ0v) is 11.8. The van der Waals surface area contributed by atoms with Crippen molar-refractivity contribution in [3.8, 4) is 5.75 Å². The Bertz CT molecular complexity index is 724. The molecule has 0 atom stereocenters. The fourth-order valence-corrected chi connectivity index (χ4v) is 1.58. The number of nitro groups is 1. The fraction of sp³-hybridized carbons (Fsp3) is 0.133. The van der Waals surface area contributed by atoms with Gasteiger partial charge in [-0.1, -0.05) is 12.1 Å². The van der Waals surface area contributed by atoms with Crippen LogP contribution in [0.25, 0.3) is 6.08 Å². The maximum absolute atomic E-state index is 13.2. The minimum atomic E-state index is -0.685. The van der Waals surface area contributed by atoms with Gasteiger partial charge in [0.2, 0.25) is 0 Å². The van der Waals surface area contributed by atoms with Crippen LogP contribution in [-0.2, 0) is 9.53 Å². The normalized spacial score (nSPS) is 10.7. The highest BCUT2D eigenvalue weighted by molar-refractivity contribution is 5.86.